The van der Waals surface area contributed by atoms with Crippen molar-refractivity contribution in [3.05, 3.63) is 28.6 Å². The van der Waals surface area contributed by atoms with Crippen LogP contribution >= 0.6 is 0 Å². The molecule has 0 bridgehead atoms. The van der Waals surface area contributed by atoms with Crippen LogP contribution in [0.5, 0.6) is 0 Å². The van der Waals surface area contributed by atoms with E-state index >= 15 is 0 Å². The Labute approximate surface area is 69.8 Å². The Morgan fingerprint density at radius 2 is 1.25 bits per heavy atom. The highest BCUT2D eigenvalue weighted by Crippen LogP contribution is 2.15. The molecular weight excluding hydrogens is 164 g/mol. The number of hydrogen-bond donors (Lipinski definition) is 0. The molecule has 0 aliphatic carbocycles. The Kier molecular flexibility index (Phi) is 2.17. The van der Waals surface area contributed by atoms with Gasteiger partial charge in [-0.2, -0.15) is 0 Å². The van der Waals surface area contributed by atoms with E-state index in [0.717, 1.165) is 0 Å². The van der Waals surface area contributed by atoms with Crippen LogP contribution in [0.4, 0.5) is 13.2 Å². The van der Waals surface area contributed by atoms with Gasteiger partial charge in [0, 0.05) is 0 Å². The molecule has 0 nitrogen and oxygen atoms in total. The first-order valence-electron chi connectivity index (χ1n) is 3.36. The van der Waals surface area contributed by atoms with Crippen molar-refractivity contribution in [3.8, 4) is 0 Å². The lowest BCUT2D eigenvalue weighted by Gasteiger charge is -2.07. The highest BCUT2D eigenvalue weighted by Gasteiger charge is 2.16. The van der Waals surface area contributed by atoms with Crippen LogP contribution in [0.1, 0.15) is 11.1 Å². The van der Waals surface area contributed by atoms with E-state index in [9.17, 15) is 13.2 Å². The van der Waals surface area contributed by atoms with Gasteiger partial charge in [-0.15, -0.1) is 0 Å². The molecule has 0 saturated heterocycles. The zero-order chi connectivity index (χ0) is 9.46. The summed E-state index contributed by atoms with van der Waals surface area (Å²) in [5.74, 6) is -3.27. The predicted octanol–water partition coefficient (Wildman–Crippen LogP) is 1.51. The second-order valence-electron chi connectivity index (χ2n) is 2.61. The highest BCUT2D eigenvalue weighted by atomic mass is 19.2. The molecular formula is C8H6BF3. The molecule has 4 heteroatoms. The van der Waals surface area contributed by atoms with Crippen LogP contribution < -0.4 is 5.46 Å². The van der Waals surface area contributed by atoms with Crippen LogP contribution in [0.2, 0.25) is 0 Å². The molecule has 1 rings (SSSR count). The standard InChI is InChI=1S/C8H6BF3/c1-3-4(2)7(11)8(12)5(9)6(3)10/h1-2H3. The van der Waals surface area contributed by atoms with Crippen LogP contribution in [-0.4, -0.2) is 7.85 Å². The minimum atomic E-state index is -1.31. The summed E-state index contributed by atoms with van der Waals surface area (Å²) in [6.45, 7) is 2.65. The molecule has 0 spiro atoms. The third-order valence-corrected chi connectivity index (χ3v) is 1.89. The fourth-order valence-corrected chi connectivity index (χ4v) is 0.910. The van der Waals surface area contributed by atoms with Crippen LogP contribution in [0, 0.1) is 31.3 Å². The molecule has 0 amide bonds. The zero-order valence-corrected chi connectivity index (χ0v) is 6.71. The lowest BCUT2D eigenvalue weighted by atomic mass is 9.90. The quantitative estimate of drug-likeness (QED) is 0.409. The lowest BCUT2D eigenvalue weighted by Crippen LogP contribution is -2.19. The maximum absolute atomic E-state index is 12.9. The smallest absolute Gasteiger partial charge is 0.161 e. The summed E-state index contributed by atoms with van der Waals surface area (Å²) in [4.78, 5) is 0. The summed E-state index contributed by atoms with van der Waals surface area (Å²) in [5, 5.41) is 0. The van der Waals surface area contributed by atoms with Crippen molar-refractivity contribution in [3.63, 3.8) is 0 Å². The maximum atomic E-state index is 12.9. The molecule has 0 saturated carbocycles. The molecule has 0 heterocycles. The van der Waals surface area contributed by atoms with Gasteiger partial charge in [-0.25, -0.2) is 13.2 Å². The average Bonchev–Trinajstić information content (AvgIpc) is 2.08. The van der Waals surface area contributed by atoms with Gasteiger partial charge in [-0.3, -0.25) is 0 Å². The third-order valence-electron chi connectivity index (χ3n) is 1.89. The second-order valence-corrected chi connectivity index (χ2v) is 2.61. The van der Waals surface area contributed by atoms with E-state index in [4.69, 9.17) is 7.85 Å². The molecule has 0 N–H and O–H groups in total. The molecule has 0 aromatic heterocycles. The first-order valence-corrected chi connectivity index (χ1v) is 3.36. The molecule has 12 heavy (non-hydrogen) atoms. The molecule has 1 aromatic carbocycles. The molecule has 2 radical (unpaired) electrons. The van der Waals surface area contributed by atoms with Gasteiger partial charge in [-0.05, 0) is 30.4 Å². The molecule has 0 unspecified atom stereocenters. The van der Waals surface area contributed by atoms with Crippen LogP contribution in [0.3, 0.4) is 0 Å². The fourth-order valence-electron chi connectivity index (χ4n) is 0.910. The summed E-state index contributed by atoms with van der Waals surface area (Å²) >= 11 is 0. The second kappa shape index (κ2) is 2.85. The number of halogens is 3. The Morgan fingerprint density at radius 3 is 1.75 bits per heavy atom. The Balaban J connectivity index is 3.60. The molecule has 0 atom stereocenters. The number of hydrogen-bond acceptors (Lipinski definition) is 0. The van der Waals surface area contributed by atoms with Crippen LogP contribution in [0.25, 0.3) is 0 Å². The number of rotatable bonds is 0. The largest absolute Gasteiger partial charge is 0.207 e. The van der Waals surface area contributed by atoms with Gasteiger partial charge in [0.25, 0.3) is 0 Å². The fraction of sp³-hybridized carbons (Fsp3) is 0.250. The number of benzene rings is 1. The van der Waals surface area contributed by atoms with Crippen molar-refractivity contribution >= 4 is 13.3 Å². The summed E-state index contributed by atoms with van der Waals surface area (Å²) in [6.07, 6.45) is 0. The zero-order valence-electron chi connectivity index (χ0n) is 6.71. The van der Waals surface area contributed by atoms with Gasteiger partial charge in [-0.1, -0.05) is 0 Å². The summed E-state index contributed by atoms with van der Waals surface area (Å²) in [5.41, 5.74) is -0.749. The Bertz CT molecular complexity index is 229. The maximum Gasteiger partial charge on any atom is 0.161 e. The minimum absolute atomic E-state index is 0.0424. The summed E-state index contributed by atoms with van der Waals surface area (Å²) in [7, 11) is 4.96. The van der Waals surface area contributed by atoms with Crippen molar-refractivity contribution in [1.29, 1.82) is 0 Å². The first-order chi connectivity index (χ1) is 5.46. The van der Waals surface area contributed by atoms with E-state index in [0.29, 0.717) is 0 Å². The summed E-state index contributed by atoms with van der Waals surface area (Å²) in [6, 6.07) is 0. The minimum Gasteiger partial charge on any atom is -0.207 e. The molecule has 0 aliphatic rings. The van der Waals surface area contributed by atoms with E-state index in [1.807, 2.05) is 0 Å². The van der Waals surface area contributed by atoms with Crippen molar-refractivity contribution in [2.45, 2.75) is 13.8 Å². The predicted molar refractivity (Wildman–Crippen MR) is 41.2 cm³/mol. The normalized spacial score (nSPS) is 10.4. The van der Waals surface area contributed by atoms with Gasteiger partial charge < -0.3 is 0 Å². The molecule has 0 aliphatic heterocycles. The average molecular weight is 170 g/mol. The van der Waals surface area contributed by atoms with E-state index in [2.05, 4.69) is 0 Å². The molecule has 0 fully saturated rings. The van der Waals surface area contributed by atoms with Crippen molar-refractivity contribution in [1.82, 2.24) is 0 Å². The molecule has 1 aromatic rings. The summed E-state index contributed by atoms with van der Waals surface area (Å²) < 4.78 is 38.4. The van der Waals surface area contributed by atoms with Gasteiger partial charge in [0.15, 0.2) is 11.6 Å². The SMILES string of the molecule is [B]c1c(F)c(C)c(C)c(F)c1F. The van der Waals surface area contributed by atoms with Gasteiger partial charge in [0.1, 0.15) is 13.7 Å². The van der Waals surface area contributed by atoms with Crippen molar-refractivity contribution < 1.29 is 13.2 Å². The monoisotopic (exact) mass is 170 g/mol. The van der Waals surface area contributed by atoms with E-state index in [-0.39, 0.29) is 11.1 Å². The van der Waals surface area contributed by atoms with Gasteiger partial charge in [0.05, 0.1) is 0 Å². The first kappa shape index (κ1) is 9.17. The van der Waals surface area contributed by atoms with E-state index in [1.165, 1.54) is 13.8 Å². The van der Waals surface area contributed by atoms with Gasteiger partial charge >= 0.3 is 0 Å². The highest BCUT2D eigenvalue weighted by molar-refractivity contribution is 6.32. The van der Waals surface area contributed by atoms with Gasteiger partial charge in [0.2, 0.25) is 0 Å². The van der Waals surface area contributed by atoms with Crippen LogP contribution in [-0.2, 0) is 0 Å². The van der Waals surface area contributed by atoms with Crippen molar-refractivity contribution in [2.75, 3.05) is 0 Å². The topological polar surface area (TPSA) is 0 Å². The third kappa shape index (κ3) is 1.11. The molecule has 62 valence electrons. The van der Waals surface area contributed by atoms with Crippen LogP contribution in [0.15, 0.2) is 0 Å². The van der Waals surface area contributed by atoms with E-state index < -0.39 is 22.9 Å². The Morgan fingerprint density at radius 1 is 0.833 bits per heavy atom. The van der Waals surface area contributed by atoms with E-state index in [1.54, 1.807) is 0 Å². The lowest BCUT2D eigenvalue weighted by molar-refractivity contribution is 0.495. The Hall–Kier alpha value is -0.925. The van der Waals surface area contributed by atoms with Crippen molar-refractivity contribution in [2.24, 2.45) is 0 Å².